The highest BCUT2D eigenvalue weighted by atomic mass is 19.1. The Morgan fingerprint density at radius 3 is 2.79 bits per heavy atom. The van der Waals surface area contributed by atoms with Gasteiger partial charge in [-0.1, -0.05) is 13.0 Å². The summed E-state index contributed by atoms with van der Waals surface area (Å²) in [6, 6.07) is 3.85. The van der Waals surface area contributed by atoms with E-state index in [2.05, 4.69) is 19.7 Å². The molecule has 3 heterocycles. The molecule has 0 bridgehead atoms. The molecule has 4 rings (SSSR count). The van der Waals surface area contributed by atoms with Crippen molar-refractivity contribution in [2.45, 2.75) is 43.9 Å². The first kappa shape index (κ1) is 23.9. The number of nitrogens with zero attached hydrogens (tertiary/aromatic N) is 3. The van der Waals surface area contributed by atoms with Crippen molar-refractivity contribution in [3.63, 3.8) is 0 Å². The number of rotatable bonds is 8. The van der Waals surface area contributed by atoms with Crippen LogP contribution in [0.4, 0.5) is 13.2 Å². The minimum absolute atomic E-state index is 0.0109. The second kappa shape index (κ2) is 9.96. The number of carbonyl (C=O) groups is 1. The molecule has 11 heteroatoms. The molecule has 2 aliphatic heterocycles. The summed E-state index contributed by atoms with van der Waals surface area (Å²) in [4.78, 5) is 24.7. The van der Waals surface area contributed by atoms with Crippen molar-refractivity contribution in [1.29, 1.82) is 0 Å². The first-order chi connectivity index (χ1) is 16.4. The summed E-state index contributed by atoms with van der Waals surface area (Å²) in [6.45, 7) is 0.227. The van der Waals surface area contributed by atoms with Gasteiger partial charge < -0.3 is 19.9 Å². The van der Waals surface area contributed by atoms with Crippen LogP contribution in [0.2, 0.25) is 0 Å². The lowest BCUT2D eigenvalue weighted by Gasteiger charge is -2.49. The summed E-state index contributed by atoms with van der Waals surface area (Å²) in [5, 5.41) is 0. The van der Waals surface area contributed by atoms with Crippen LogP contribution in [0.5, 0.6) is 5.88 Å². The molecule has 182 valence electrons. The van der Waals surface area contributed by atoms with Crippen LogP contribution in [0.3, 0.4) is 0 Å². The lowest BCUT2D eigenvalue weighted by molar-refractivity contribution is -0.129. The molecule has 4 atom stereocenters. The Bertz CT molecular complexity index is 1070. The van der Waals surface area contributed by atoms with Crippen molar-refractivity contribution < 1.29 is 32.2 Å². The summed E-state index contributed by atoms with van der Waals surface area (Å²) in [5.41, 5.74) is 4.69. The van der Waals surface area contributed by atoms with Crippen LogP contribution in [0.1, 0.15) is 41.4 Å². The number of aromatic nitrogens is 2. The van der Waals surface area contributed by atoms with Gasteiger partial charge in [0, 0.05) is 18.4 Å². The first-order valence-corrected chi connectivity index (χ1v) is 10.9. The molecule has 1 saturated heterocycles. The Labute approximate surface area is 194 Å². The third-order valence-electron chi connectivity index (χ3n) is 6.25. The van der Waals surface area contributed by atoms with Gasteiger partial charge in [0.2, 0.25) is 12.7 Å². The van der Waals surface area contributed by atoms with E-state index < -0.39 is 48.8 Å². The maximum Gasteiger partial charge on any atom is 0.283 e. The Balaban J connectivity index is 1.68. The number of halogens is 3. The largest absolute Gasteiger partial charge is 0.462 e. The minimum Gasteiger partial charge on any atom is -0.462 e. The van der Waals surface area contributed by atoms with Gasteiger partial charge in [-0.2, -0.15) is 0 Å². The lowest BCUT2D eigenvalue weighted by Crippen LogP contribution is -2.58. The van der Waals surface area contributed by atoms with Crippen LogP contribution in [0.25, 0.3) is 0 Å². The number of alkyl halides is 2. The van der Waals surface area contributed by atoms with Gasteiger partial charge in [-0.15, -0.1) is 0 Å². The quantitative estimate of drug-likeness (QED) is 0.581. The summed E-state index contributed by atoms with van der Waals surface area (Å²) < 4.78 is 58.4. The number of fused-ring (bicyclic) bond motifs is 1. The molecule has 2 N–H and O–H groups in total. The average molecular weight is 478 g/mol. The van der Waals surface area contributed by atoms with E-state index in [9.17, 15) is 13.6 Å². The monoisotopic (exact) mass is 478 g/mol. The summed E-state index contributed by atoms with van der Waals surface area (Å²) in [7, 11) is 0. The van der Waals surface area contributed by atoms with Crippen LogP contribution < -0.4 is 10.5 Å². The minimum atomic E-state index is -1.65. The fourth-order valence-electron chi connectivity index (χ4n) is 4.74. The Kier molecular flexibility index (Phi) is 7.01. The zero-order valence-electron chi connectivity index (χ0n) is 18.5. The molecule has 2 aromatic rings. The predicted octanol–water partition coefficient (Wildman–Crippen LogP) is 3.04. The van der Waals surface area contributed by atoms with Gasteiger partial charge in [0.15, 0.2) is 5.78 Å². The van der Waals surface area contributed by atoms with E-state index in [0.29, 0.717) is 25.0 Å². The molecule has 8 nitrogen and oxygen atoms in total. The highest BCUT2D eigenvalue weighted by Gasteiger charge is 2.55. The molecule has 2 aliphatic rings. The van der Waals surface area contributed by atoms with E-state index in [4.69, 9.17) is 15.2 Å². The van der Waals surface area contributed by atoms with E-state index >= 15 is 4.39 Å². The molecule has 0 radical (unpaired) electrons. The molecule has 0 amide bonds. The van der Waals surface area contributed by atoms with Crippen LogP contribution in [0, 0.1) is 11.7 Å². The first-order valence-electron chi connectivity index (χ1n) is 10.9. The molecule has 0 unspecified atom stereocenters. The van der Waals surface area contributed by atoms with E-state index in [1.807, 2.05) is 6.92 Å². The van der Waals surface area contributed by atoms with E-state index in [1.165, 1.54) is 24.4 Å². The normalized spacial score (nSPS) is 26.2. The number of hydrogen-bond donors (Lipinski definition) is 1. The van der Waals surface area contributed by atoms with Crippen LogP contribution in [-0.2, 0) is 21.4 Å². The van der Waals surface area contributed by atoms with Crippen molar-refractivity contribution in [2.24, 2.45) is 16.6 Å². The summed E-state index contributed by atoms with van der Waals surface area (Å²) in [6.07, 6.45) is 2.30. The molecule has 1 fully saturated rings. The summed E-state index contributed by atoms with van der Waals surface area (Å²) in [5.74, 6) is -1.74. The second-order valence-corrected chi connectivity index (χ2v) is 8.20. The summed E-state index contributed by atoms with van der Waals surface area (Å²) >= 11 is 0. The number of carbonyl (C=O) groups excluding carboxylic acids is 1. The number of amidine groups is 1. The Morgan fingerprint density at radius 1 is 1.29 bits per heavy atom. The zero-order valence-corrected chi connectivity index (χ0v) is 18.5. The zero-order chi connectivity index (χ0) is 24.3. The topological polar surface area (TPSA) is 109 Å². The van der Waals surface area contributed by atoms with Crippen LogP contribution in [-0.4, -0.2) is 54.1 Å². The number of Topliss-reactive ketones (excluding diaryl/α,β-unsaturated/α-hetero) is 1. The van der Waals surface area contributed by atoms with Gasteiger partial charge in [-0.3, -0.25) is 4.79 Å². The van der Waals surface area contributed by atoms with E-state index in [-0.39, 0.29) is 29.6 Å². The fraction of sp³-hybridized carbons (Fsp3) is 0.478. The maximum absolute atomic E-state index is 15.2. The highest BCUT2D eigenvalue weighted by molar-refractivity contribution is 5.95. The van der Waals surface area contributed by atoms with E-state index in [1.54, 1.807) is 0 Å². The number of aliphatic imine (C=N–C) groups is 1. The van der Waals surface area contributed by atoms with Crippen molar-refractivity contribution in [3.8, 4) is 5.88 Å². The molecular weight excluding hydrogens is 453 g/mol. The SMILES string of the molecule is CC[C@@H]1OCC[C@H]2OC(N)=N[C@](CF)(c3cc(CC(=O)c4cnc(OCF)cn4)ccc3F)[C@@H]12. The van der Waals surface area contributed by atoms with Crippen molar-refractivity contribution in [1.82, 2.24) is 9.97 Å². The van der Waals surface area contributed by atoms with Crippen molar-refractivity contribution >= 4 is 11.8 Å². The Hall–Kier alpha value is -3.21. The average Bonchev–Trinajstić information content (AvgIpc) is 2.84. The number of nitrogens with two attached hydrogens (primary N) is 1. The third-order valence-corrected chi connectivity index (χ3v) is 6.25. The van der Waals surface area contributed by atoms with Gasteiger partial charge in [0.05, 0.1) is 31.0 Å². The van der Waals surface area contributed by atoms with Crippen LogP contribution >= 0.6 is 0 Å². The highest BCUT2D eigenvalue weighted by Crippen LogP contribution is 2.47. The van der Waals surface area contributed by atoms with Gasteiger partial charge in [-0.05, 0) is 24.1 Å². The van der Waals surface area contributed by atoms with Gasteiger partial charge in [-0.25, -0.2) is 28.1 Å². The lowest BCUT2D eigenvalue weighted by atomic mass is 9.70. The molecule has 0 saturated carbocycles. The Morgan fingerprint density at radius 2 is 2.12 bits per heavy atom. The molecule has 0 aliphatic carbocycles. The number of ether oxygens (including phenoxy) is 3. The van der Waals surface area contributed by atoms with Crippen molar-refractivity contribution in [3.05, 3.63) is 53.2 Å². The predicted molar refractivity (Wildman–Crippen MR) is 115 cm³/mol. The molecule has 34 heavy (non-hydrogen) atoms. The molecule has 0 spiro atoms. The second-order valence-electron chi connectivity index (χ2n) is 8.20. The molecule has 1 aromatic heterocycles. The van der Waals surface area contributed by atoms with Gasteiger partial charge in [0.1, 0.15) is 29.8 Å². The number of ketones is 1. The number of hydrogen-bond acceptors (Lipinski definition) is 8. The number of benzene rings is 1. The van der Waals surface area contributed by atoms with E-state index in [0.717, 1.165) is 6.20 Å². The third kappa shape index (κ3) is 4.44. The van der Waals surface area contributed by atoms with Gasteiger partial charge in [0.25, 0.3) is 6.02 Å². The molecular formula is C23H25F3N4O4. The van der Waals surface area contributed by atoms with Crippen molar-refractivity contribution in [2.75, 3.05) is 20.1 Å². The van der Waals surface area contributed by atoms with Crippen LogP contribution in [0.15, 0.2) is 35.6 Å². The fourth-order valence-corrected chi connectivity index (χ4v) is 4.74. The molecule has 1 aromatic carbocycles. The standard InChI is InChI=1S/C23H25F3N4O4/c1-2-18-21-19(5-6-32-18)34-22(27)30-23(21,11-24)14-7-13(3-4-15(14)26)8-17(31)16-9-29-20(10-28-16)33-12-25/h3-4,7,9-10,18-19,21H,2,5-6,8,11-12H2,1H3,(H2,27,30)/t18-,19+,21-,23+/m0/s1. The smallest absolute Gasteiger partial charge is 0.283 e. The maximum atomic E-state index is 15.2. The van der Waals surface area contributed by atoms with Gasteiger partial charge >= 0.3 is 0 Å².